The van der Waals surface area contributed by atoms with Crippen LogP contribution < -0.4 is 15.5 Å². The number of sulfone groups is 1. The normalized spacial score (nSPS) is 19.6. The van der Waals surface area contributed by atoms with Crippen LogP contribution in [0.4, 0.5) is 16.2 Å². The van der Waals surface area contributed by atoms with E-state index in [9.17, 15) is 22.8 Å². The maximum Gasteiger partial charge on any atom is 0.405 e. The molecule has 0 unspecified atom stereocenters. The molecule has 0 aliphatic carbocycles. The fourth-order valence-corrected chi connectivity index (χ4v) is 3.27. The second-order valence-electron chi connectivity index (χ2n) is 5.83. The van der Waals surface area contributed by atoms with Gasteiger partial charge in [0.05, 0.1) is 29.0 Å². The lowest BCUT2D eigenvalue weighted by atomic mass is 10.1. The Balaban J connectivity index is 2.61. The molecule has 2 rings (SSSR count). The number of fused-ring (bicyclic) bond motifs is 1. The van der Waals surface area contributed by atoms with E-state index in [2.05, 4.69) is 5.32 Å². The minimum absolute atomic E-state index is 0.119. The largest absolute Gasteiger partial charge is 0.465 e. The van der Waals surface area contributed by atoms with Gasteiger partial charge >= 0.3 is 6.09 Å². The van der Waals surface area contributed by atoms with E-state index in [0.717, 1.165) is 11.2 Å². The van der Waals surface area contributed by atoms with Crippen LogP contribution in [-0.2, 0) is 19.4 Å². The van der Waals surface area contributed by atoms with Gasteiger partial charge in [-0.2, -0.15) is 5.26 Å². The van der Waals surface area contributed by atoms with Gasteiger partial charge in [0.2, 0.25) is 11.8 Å². The predicted molar refractivity (Wildman–Crippen MR) is 91.4 cm³/mol. The van der Waals surface area contributed by atoms with Crippen molar-refractivity contribution in [1.29, 1.82) is 5.26 Å². The molecular formula is C15H16N4O6S. The number of nitrogens with zero attached hydrogens (tertiary/aromatic N) is 2. The van der Waals surface area contributed by atoms with Gasteiger partial charge < -0.3 is 20.6 Å². The van der Waals surface area contributed by atoms with Crippen molar-refractivity contribution in [3.05, 3.63) is 23.8 Å². The number of nitriles is 1. The van der Waals surface area contributed by atoms with Crippen molar-refractivity contribution < 1.29 is 27.9 Å². The lowest BCUT2D eigenvalue weighted by molar-refractivity contribution is -0.119. The third-order valence-electron chi connectivity index (χ3n) is 3.75. The first-order chi connectivity index (χ1) is 12.0. The number of benzene rings is 1. The monoisotopic (exact) mass is 380 g/mol. The molecule has 0 radical (unpaired) electrons. The summed E-state index contributed by atoms with van der Waals surface area (Å²) >= 11 is 0. The first-order valence-corrected chi connectivity index (χ1v) is 9.44. The van der Waals surface area contributed by atoms with Gasteiger partial charge in [-0.05, 0) is 25.1 Å². The van der Waals surface area contributed by atoms with Crippen molar-refractivity contribution in [3.63, 3.8) is 0 Å². The fraction of sp³-hybridized carbons (Fsp3) is 0.333. The molecule has 1 aliphatic rings. The van der Waals surface area contributed by atoms with E-state index < -0.39 is 45.6 Å². The molecule has 0 bridgehead atoms. The summed E-state index contributed by atoms with van der Waals surface area (Å²) in [5.74, 6) is -2.38. The number of anilines is 2. The van der Waals surface area contributed by atoms with Crippen LogP contribution in [0.5, 0.6) is 0 Å². The van der Waals surface area contributed by atoms with E-state index in [1.807, 2.05) is 11.4 Å². The van der Waals surface area contributed by atoms with Gasteiger partial charge in [0, 0.05) is 6.26 Å². The Morgan fingerprint density at radius 2 is 2.08 bits per heavy atom. The van der Waals surface area contributed by atoms with Crippen molar-refractivity contribution in [2.24, 2.45) is 0 Å². The maximum absolute atomic E-state index is 12.6. The van der Waals surface area contributed by atoms with Crippen molar-refractivity contribution in [3.8, 4) is 6.07 Å². The summed E-state index contributed by atoms with van der Waals surface area (Å²) < 4.78 is 23.1. The number of hydrogen-bond donors (Lipinski definition) is 3. The summed E-state index contributed by atoms with van der Waals surface area (Å²) in [6.45, 7) is 1.41. The predicted octanol–water partition coefficient (Wildman–Crippen LogP) is -0.0873. The molecule has 11 heteroatoms. The molecule has 2 atom stereocenters. The number of carbonyl (C=O) groups is 3. The van der Waals surface area contributed by atoms with Crippen molar-refractivity contribution >= 4 is 39.1 Å². The quantitative estimate of drug-likeness (QED) is 0.661. The van der Waals surface area contributed by atoms with Gasteiger partial charge in [-0.25, -0.2) is 13.2 Å². The lowest BCUT2D eigenvalue weighted by Gasteiger charge is -2.31. The average molecular weight is 380 g/mol. The molecule has 0 spiro atoms. The highest BCUT2D eigenvalue weighted by molar-refractivity contribution is 7.91. The first-order valence-electron chi connectivity index (χ1n) is 7.37. The third kappa shape index (κ3) is 4.09. The van der Waals surface area contributed by atoms with Gasteiger partial charge in [-0.3, -0.25) is 9.59 Å². The van der Waals surface area contributed by atoms with Crippen LogP contribution in [0, 0.1) is 11.3 Å². The third-order valence-corrected chi connectivity index (χ3v) is 4.52. The Morgan fingerprint density at radius 1 is 1.42 bits per heavy atom. The lowest BCUT2D eigenvalue weighted by Crippen LogP contribution is -2.56. The van der Waals surface area contributed by atoms with Crippen LogP contribution in [0.2, 0.25) is 0 Å². The Morgan fingerprint density at radius 3 is 2.62 bits per heavy atom. The highest BCUT2D eigenvalue weighted by atomic mass is 32.2. The molecule has 138 valence electrons. The highest BCUT2D eigenvalue weighted by Gasteiger charge is 2.39. The standard InChI is InChI=1S/C15H16N4O6S/c1-8-13(18-15(22)23)14(21)17-10-4-3-9(6-16)5-11(10)19(8)12(20)7-26(2,24)25/h3-5,8,13,18H,7H2,1-2H3,(H,17,21)(H,22,23)/t8-,13-/m0/s1. The van der Waals surface area contributed by atoms with Gasteiger partial charge in [-0.1, -0.05) is 0 Å². The molecule has 1 aromatic rings. The average Bonchev–Trinajstić information content (AvgIpc) is 2.60. The van der Waals surface area contributed by atoms with E-state index in [-0.39, 0.29) is 16.9 Å². The fourth-order valence-electron chi connectivity index (χ4n) is 2.68. The summed E-state index contributed by atoms with van der Waals surface area (Å²) in [6.07, 6.45) is -0.590. The Hall–Kier alpha value is -3.13. The van der Waals surface area contributed by atoms with Crippen molar-refractivity contribution in [2.45, 2.75) is 19.0 Å². The minimum Gasteiger partial charge on any atom is -0.465 e. The first kappa shape index (κ1) is 19.2. The number of carboxylic acid groups (broad SMARTS) is 1. The molecule has 0 fully saturated rings. The van der Waals surface area contributed by atoms with E-state index in [1.54, 1.807) is 0 Å². The summed E-state index contributed by atoms with van der Waals surface area (Å²) in [5, 5.41) is 22.6. The van der Waals surface area contributed by atoms with E-state index in [1.165, 1.54) is 25.1 Å². The van der Waals surface area contributed by atoms with Gasteiger partial charge in [0.15, 0.2) is 9.84 Å². The summed E-state index contributed by atoms with van der Waals surface area (Å²) in [4.78, 5) is 37.0. The van der Waals surface area contributed by atoms with Crippen molar-refractivity contribution in [1.82, 2.24) is 5.32 Å². The Labute approximate surface area is 149 Å². The highest BCUT2D eigenvalue weighted by Crippen LogP contribution is 2.33. The smallest absolute Gasteiger partial charge is 0.405 e. The molecule has 10 nitrogen and oxygen atoms in total. The molecule has 1 heterocycles. The second kappa shape index (κ2) is 7.01. The number of rotatable bonds is 3. The molecule has 1 aromatic carbocycles. The van der Waals surface area contributed by atoms with Gasteiger partial charge in [0.25, 0.3) is 0 Å². The zero-order chi connectivity index (χ0) is 19.6. The Kier molecular flexibility index (Phi) is 5.17. The number of carbonyl (C=O) groups excluding carboxylic acids is 2. The Bertz CT molecular complexity index is 921. The van der Waals surface area contributed by atoms with E-state index in [0.29, 0.717) is 0 Å². The summed E-state index contributed by atoms with van der Waals surface area (Å²) in [7, 11) is -3.68. The van der Waals surface area contributed by atoms with Crippen LogP contribution in [-0.4, -0.2) is 55.5 Å². The topological polar surface area (TPSA) is 157 Å². The molecule has 3 N–H and O–H groups in total. The number of amides is 3. The van der Waals surface area contributed by atoms with Crippen LogP contribution in [0.15, 0.2) is 18.2 Å². The zero-order valence-electron chi connectivity index (χ0n) is 13.9. The molecule has 26 heavy (non-hydrogen) atoms. The molecule has 3 amide bonds. The van der Waals surface area contributed by atoms with Crippen molar-refractivity contribution in [2.75, 3.05) is 22.2 Å². The van der Waals surface area contributed by atoms with Crippen LogP contribution in [0.25, 0.3) is 0 Å². The zero-order valence-corrected chi connectivity index (χ0v) is 14.7. The maximum atomic E-state index is 12.6. The molecule has 0 aromatic heterocycles. The number of hydrogen-bond acceptors (Lipinski definition) is 6. The minimum atomic E-state index is -3.68. The molecule has 0 saturated heterocycles. The van der Waals surface area contributed by atoms with E-state index in [4.69, 9.17) is 10.4 Å². The number of nitrogens with one attached hydrogen (secondary N) is 2. The van der Waals surface area contributed by atoms with Gasteiger partial charge in [-0.15, -0.1) is 0 Å². The summed E-state index contributed by atoms with van der Waals surface area (Å²) in [5.41, 5.74) is 0.470. The molecule has 1 aliphatic heterocycles. The van der Waals surface area contributed by atoms with Crippen LogP contribution in [0.3, 0.4) is 0 Å². The van der Waals surface area contributed by atoms with E-state index >= 15 is 0 Å². The van der Waals surface area contributed by atoms with Crippen LogP contribution >= 0.6 is 0 Å². The van der Waals surface area contributed by atoms with Gasteiger partial charge in [0.1, 0.15) is 11.8 Å². The molecule has 0 saturated carbocycles. The molecular weight excluding hydrogens is 364 g/mol. The second-order valence-corrected chi connectivity index (χ2v) is 7.97. The SMILES string of the molecule is C[C@H]1[C@H](NC(=O)O)C(=O)Nc2ccc(C#N)cc2N1C(=O)CS(C)(=O)=O. The van der Waals surface area contributed by atoms with Crippen LogP contribution in [0.1, 0.15) is 12.5 Å². The summed E-state index contributed by atoms with van der Waals surface area (Å²) in [6, 6.07) is 3.66.